The molecule has 3 aromatic rings. The molecule has 0 heterocycles. The summed E-state index contributed by atoms with van der Waals surface area (Å²) in [6, 6.07) is 18.2. The second-order valence-corrected chi connectivity index (χ2v) is 8.46. The van der Waals surface area contributed by atoms with Crippen LogP contribution in [0.5, 0.6) is 11.5 Å². The number of anilines is 1. The van der Waals surface area contributed by atoms with Crippen LogP contribution < -0.4 is 14.8 Å². The van der Waals surface area contributed by atoms with E-state index in [4.69, 9.17) is 32.7 Å². The number of carbonyl (C=O) groups is 2. The standard InChI is InChI=1S/C25H17BrCl2N2O4/c1-2-33-22-12-15(11-19(26)23(22)34-25(32)16-6-4-3-5-7-16)10-17(14-29)24(31)30-21-13-18(27)8-9-20(21)28/h3-13H,2H2,1H3,(H,30,31)/b17-10+. The van der Waals surface area contributed by atoms with Gasteiger partial charge in [-0.2, -0.15) is 5.26 Å². The first kappa shape index (κ1) is 25.3. The number of rotatable bonds is 7. The maximum absolute atomic E-state index is 12.7. The first-order valence-electron chi connectivity index (χ1n) is 9.94. The van der Waals surface area contributed by atoms with E-state index in [0.29, 0.717) is 27.2 Å². The molecule has 1 N–H and O–H groups in total. The van der Waals surface area contributed by atoms with E-state index in [0.717, 1.165) is 0 Å². The Bertz CT molecular complexity index is 1300. The normalized spacial score (nSPS) is 10.9. The summed E-state index contributed by atoms with van der Waals surface area (Å²) in [5.74, 6) is -0.772. The van der Waals surface area contributed by atoms with Crippen molar-refractivity contribution in [1.82, 2.24) is 0 Å². The molecule has 0 atom stereocenters. The molecular weight excluding hydrogens is 543 g/mol. The summed E-state index contributed by atoms with van der Waals surface area (Å²) in [5.41, 5.74) is 0.946. The molecule has 0 saturated heterocycles. The van der Waals surface area contributed by atoms with E-state index in [-0.39, 0.29) is 27.8 Å². The number of hydrogen-bond acceptors (Lipinski definition) is 5. The monoisotopic (exact) mass is 558 g/mol. The van der Waals surface area contributed by atoms with Crippen LogP contribution in [0, 0.1) is 11.3 Å². The van der Waals surface area contributed by atoms with Gasteiger partial charge in [0, 0.05) is 5.02 Å². The van der Waals surface area contributed by atoms with Gasteiger partial charge in [-0.1, -0.05) is 41.4 Å². The van der Waals surface area contributed by atoms with Crippen molar-refractivity contribution < 1.29 is 19.1 Å². The minimum atomic E-state index is -0.666. The summed E-state index contributed by atoms with van der Waals surface area (Å²) in [6.07, 6.45) is 1.38. The van der Waals surface area contributed by atoms with Crippen LogP contribution in [0.25, 0.3) is 6.08 Å². The molecule has 0 bridgehead atoms. The number of halogens is 3. The number of esters is 1. The predicted octanol–water partition coefficient (Wildman–Crippen LogP) is 6.92. The highest BCUT2D eigenvalue weighted by Gasteiger charge is 2.18. The smallest absolute Gasteiger partial charge is 0.343 e. The quantitative estimate of drug-likeness (QED) is 0.147. The van der Waals surface area contributed by atoms with Crippen molar-refractivity contribution in [1.29, 1.82) is 5.26 Å². The second kappa shape index (κ2) is 11.7. The summed E-state index contributed by atoms with van der Waals surface area (Å²) in [4.78, 5) is 25.2. The summed E-state index contributed by atoms with van der Waals surface area (Å²) in [6.45, 7) is 2.08. The molecule has 0 aliphatic carbocycles. The van der Waals surface area contributed by atoms with Crippen molar-refractivity contribution in [3.63, 3.8) is 0 Å². The molecule has 3 aromatic carbocycles. The molecule has 0 aliphatic heterocycles. The molecule has 3 rings (SSSR count). The molecule has 0 aromatic heterocycles. The molecule has 0 unspecified atom stereocenters. The highest BCUT2D eigenvalue weighted by Crippen LogP contribution is 2.38. The zero-order chi connectivity index (χ0) is 24.7. The van der Waals surface area contributed by atoms with Gasteiger partial charge in [0.15, 0.2) is 11.5 Å². The fraction of sp³-hybridized carbons (Fsp3) is 0.0800. The lowest BCUT2D eigenvalue weighted by Crippen LogP contribution is -2.14. The summed E-state index contributed by atoms with van der Waals surface area (Å²) in [5, 5.41) is 12.8. The van der Waals surface area contributed by atoms with Crippen LogP contribution >= 0.6 is 39.1 Å². The molecular formula is C25H17BrCl2N2O4. The fourth-order valence-electron chi connectivity index (χ4n) is 2.86. The van der Waals surface area contributed by atoms with E-state index in [1.165, 1.54) is 18.2 Å². The maximum Gasteiger partial charge on any atom is 0.343 e. The Morgan fingerprint density at radius 2 is 1.85 bits per heavy atom. The number of nitrogens with one attached hydrogen (secondary N) is 1. The third-order valence-corrected chi connectivity index (χ3v) is 5.54. The number of benzene rings is 3. The largest absolute Gasteiger partial charge is 0.490 e. The first-order valence-corrected chi connectivity index (χ1v) is 11.5. The van der Waals surface area contributed by atoms with E-state index < -0.39 is 11.9 Å². The Labute approximate surface area is 214 Å². The van der Waals surface area contributed by atoms with Gasteiger partial charge < -0.3 is 14.8 Å². The maximum atomic E-state index is 12.7. The third-order valence-electron chi connectivity index (χ3n) is 4.39. The Kier molecular flexibility index (Phi) is 8.72. The van der Waals surface area contributed by atoms with E-state index >= 15 is 0 Å². The molecule has 0 fully saturated rings. The van der Waals surface area contributed by atoms with Gasteiger partial charge in [-0.05, 0) is 77.0 Å². The van der Waals surface area contributed by atoms with Crippen LogP contribution in [-0.2, 0) is 4.79 Å². The zero-order valence-electron chi connectivity index (χ0n) is 17.8. The Morgan fingerprint density at radius 3 is 2.53 bits per heavy atom. The van der Waals surface area contributed by atoms with Gasteiger partial charge in [-0.15, -0.1) is 0 Å². The van der Waals surface area contributed by atoms with Crippen LogP contribution in [0.2, 0.25) is 10.0 Å². The van der Waals surface area contributed by atoms with Crippen molar-refractivity contribution in [2.24, 2.45) is 0 Å². The average Bonchev–Trinajstić information content (AvgIpc) is 2.82. The second-order valence-electron chi connectivity index (χ2n) is 6.77. The lowest BCUT2D eigenvalue weighted by molar-refractivity contribution is -0.112. The SMILES string of the molecule is CCOc1cc(/C=C(\C#N)C(=O)Nc2cc(Cl)ccc2Cl)cc(Br)c1OC(=O)c1ccccc1. The van der Waals surface area contributed by atoms with Crippen molar-refractivity contribution in [2.75, 3.05) is 11.9 Å². The Balaban J connectivity index is 1.91. The number of carbonyl (C=O) groups excluding carboxylic acids is 2. The predicted molar refractivity (Wildman–Crippen MR) is 135 cm³/mol. The van der Waals surface area contributed by atoms with Gasteiger partial charge in [-0.25, -0.2) is 4.79 Å². The highest BCUT2D eigenvalue weighted by atomic mass is 79.9. The Morgan fingerprint density at radius 1 is 1.12 bits per heavy atom. The summed E-state index contributed by atoms with van der Waals surface area (Å²) >= 11 is 15.4. The minimum Gasteiger partial charge on any atom is -0.490 e. The fourth-order valence-corrected chi connectivity index (χ4v) is 3.73. The lowest BCUT2D eigenvalue weighted by Gasteiger charge is -2.14. The minimum absolute atomic E-state index is 0.181. The third kappa shape index (κ3) is 6.39. The van der Waals surface area contributed by atoms with E-state index in [9.17, 15) is 14.9 Å². The van der Waals surface area contributed by atoms with Gasteiger partial charge in [0.25, 0.3) is 5.91 Å². The van der Waals surface area contributed by atoms with Gasteiger partial charge >= 0.3 is 5.97 Å². The van der Waals surface area contributed by atoms with Crippen LogP contribution in [0.4, 0.5) is 5.69 Å². The number of nitriles is 1. The van der Waals surface area contributed by atoms with Crippen LogP contribution in [-0.4, -0.2) is 18.5 Å². The van der Waals surface area contributed by atoms with Gasteiger partial charge in [-0.3, -0.25) is 4.79 Å². The van der Waals surface area contributed by atoms with E-state index in [1.54, 1.807) is 55.5 Å². The molecule has 9 heteroatoms. The van der Waals surface area contributed by atoms with Gasteiger partial charge in [0.05, 0.1) is 27.4 Å². The van der Waals surface area contributed by atoms with Gasteiger partial charge in [0.1, 0.15) is 11.6 Å². The molecule has 0 aliphatic rings. The Hall–Kier alpha value is -3.31. The zero-order valence-corrected chi connectivity index (χ0v) is 20.9. The number of nitrogens with zero attached hydrogens (tertiary/aromatic N) is 1. The number of ether oxygens (including phenoxy) is 2. The average molecular weight is 560 g/mol. The highest BCUT2D eigenvalue weighted by molar-refractivity contribution is 9.10. The summed E-state index contributed by atoms with van der Waals surface area (Å²) in [7, 11) is 0. The first-order chi connectivity index (χ1) is 16.3. The van der Waals surface area contributed by atoms with E-state index in [1.807, 2.05) is 6.07 Å². The van der Waals surface area contributed by atoms with Crippen molar-refractivity contribution in [2.45, 2.75) is 6.92 Å². The molecule has 6 nitrogen and oxygen atoms in total. The molecule has 1 amide bonds. The van der Waals surface area contributed by atoms with Gasteiger partial charge in [0.2, 0.25) is 0 Å². The molecule has 34 heavy (non-hydrogen) atoms. The lowest BCUT2D eigenvalue weighted by atomic mass is 10.1. The summed E-state index contributed by atoms with van der Waals surface area (Å²) < 4.78 is 11.6. The number of amides is 1. The van der Waals surface area contributed by atoms with E-state index in [2.05, 4.69) is 21.2 Å². The van der Waals surface area contributed by atoms with Crippen molar-refractivity contribution in [3.05, 3.63) is 91.9 Å². The van der Waals surface area contributed by atoms with Crippen LogP contribution in [0.1, 0.15) is 22.8 Å². The molecule has 172 valence electrons. The van der Waals surface area contributed by atoms with Crippen molar-refractivity contribution >= 4 is 62.8 Å². The topological polar surface area (TPSA) is 88.4 Å². The van der Waals surface area contributed by atoms with Crippen LogP contribution in [0.3, 0.4) is 0 Å². The number of hydrogen-bond donors (Lipinski definition) is 1. The van der Waals surface area contributed by atoms with Crippen molar-refractivity contribution in [3.8, 4) is 17.6 Å². The van der Waals surface area contributed by atoms with Crippen LogP contribution in [0.15, 0.2) is 70.7 Å². The molecule has 0 radical (unpaired) electrons. The molecule has 0 saturated carbocycles. The molecule has 0 spiro atoms.